The molecule has 1 aromatic carbocycles. The number of carbonyl (C=O) groups is 1. The Kier molecular flexibility index (Phi) is 2.56. The Bertz CT molecular complexity index is 405. The summed E-state index contributed by atoms with van der Waals surface area (Å²) in [6, 6.07) is 5.27. The molecule has 2 rings (SSSR count). The molecule has 0 amide bonds. The number of aromatic carboxylic acids is 1. The van der Waals surface area contributed by atoms with Crippen LogP contribution in [-0.2, 0) is 11.2 Å². The second-order valence-electron chi connectivity index (χ2n) is 3.55. The molecule has 1 unspecified atom stereocenters. The number of hydrogen-bond donors (Lipinski definition) is 1. The molecular weight excluding hydrogens is 192 g/mol. The van der Waals surface area contributed by atoms with Crippen LogP contribution in [0, 0.1) is 0 Å². The molecule has 1 aromatic rings. The van der Waals surface area contributed by atoms with Gasteiger partial charge in [0.05, 0.1) is 18.3 Å². The molecule has 0 aliphatic carbocycles. The van der Waals surface area contributed by atoms with Crippen molar-refractivity contribution in [2.45, 2.75) is 12.5 Å². The van der Waals surface area contributed by atoms with Gasteiger partial charge in [0.15, 0.2) is 0 Å². The van der Waals surface area contributed by atoms with E-state index in [9.17, 15) is 4.79 Å². The predicted octanol–water partition coefficient (Wildman–Crippen LogP) is 1.97. The molecule has 1 aliphatic heterocycles. The van der Waals surface area contributed by atoms with Crippen molar-refractivity contribution in [3.63, 3.8) is 0 Å². The van der Waals surface area contributed by atoms with Gasteiger partial charge >= 0.3 is 5.97 Å². The van der Waals surface area contributed by atoms with Crippen molar-refractivity contribution in [2.24, 2.45) is 0 Å². The van der Waals surface area contributed by atoms with E-state index in [2.05, 4.69) is 6.58 Å². The molecule has 0 bridgehead atoms. The van der Waals surface area contributed by atoms with Crippen LogP contribution in [0.1, 0.15) is 21.5 Å². The smallest absolute Gasteiger partial charge is 0.336 e. The van der Waals surface area contributed by atoms with Gasteiger partial charge in [-0.05, 0) is 17.2 Å². The Morgan fingerprint density at radius 2 is 2.40 bits per heavy atom. The summed E-state index contributed by atoms with van der Waals surface area (Å²) in [5.74, 6) is -0.913. The molecule has 0 saturated carbocycles. The number of carboxylic acid groups (broad SMARTS) is 1. The van der Waals surface area contributed by atoms with Crippen LogP contribution in [0.4, 0.5) is 0 Å². The van der Waals surface area contributed by atoms with E-state index in [1.807, 2.05) is 6.07 Å². The Morgan fingerprint density at radius 1 is 1.67 bits per heavy atom. The average Bonchev–Trinajstić information content (AvgIpc) is 3.01. The predicted molar refractivity (Wildman–Crippen MR) is 56.9 cm³/mol. The molecule has 1 heterocycles. The lowest BCUT2D eigenvalue weighted by atomic mass is 9.98. The van der Waals surface area contributed by atoms with Crippen LogP contribution in [0.25, 0.3) is 6.08 Å². The highest BCUT2D eigenvalue weighted by Crippen LogP contribution is 2.22. The van der Waals surface area contributed by atoms with Crippen molar-refractivity contribution < 1.29 is 14.6 Å². The summed E-state index contributed by atoms with van der Waals surface area (Å²) in [4.78, 5) is 11.0. The zero-order chi connectivity index (χ0) is 10.8. The number of benzene rings is 1. The number of rotatable bonds is 4. The monoisotopic (exact) mass is 204 g/mol. The number of hydrogen-bond acceptors (Lipinski definition) is 2. The number of ether oxygens (including phenoxy) is 1. The molecule has 1 fully saturated rings. The highest BCUT2D eigenvalue weighted by molar-refractivity contribution is 5.92. The summed E-state index contributed by atoms with van der Waals surface area (Å²) < 4.78 is 5.13. The first-order valence-corrected chi connectivity index (χ1v) is 4.81. The normalized spacial score (nSPS) is 18.5. The number of carboxylic acids is 1. The minimum Gasteiger partial charge on any atom is -0.478 e. The van der Waals surface area contributed by atoms with Gasteiger partial charge in [-0.3, -0.25) is 0 Å². The fourth-order valence-electron chi connectivity index (χ4n) is 1.65. The molecular formula is C12H12O3. The standard InChI is InChI=1S/C12H12O3/c1-2-10-8(6-9-7-15-9)4-3-5-11(10)12(13)14/h2-5,9H,1,6-7H2,(H,13,14). The van der Waals surface area contributed by atoms with E-state index < -0.39 is 5.97 Å². The lowest BCUT2D eigenvalue weighted by Gasteiger charge is -2.07. The highest BCUT2D eigenvalue weighted by atomic mass is 16.6. The summed E-state index contributed by atoms with van der Waals surface area (Å²) in [5.41, 5.74) is 2.01. The Morgan fingerprint density at radius 3 is 2.93 bits per heavy atom. The van der Waals surface area contributed by atoms with Crippen LogP contribution in [0.5, 0.6) is 0 Å². The van der Waals surface area contributed by atoms with Crippen molar-refractivity contribution in [3.8, 4) is 0 Å². The van der Waals surface area contributed by atoms with Gasteiger partial charge in [0.1, 0.15) is 0 Å². The van der Waals surface area contributed by atoms with Crippen LogP contribution in [0.2, 0.25) is 0 Å². The van der Waals surface area contributed by atoms with E-state index in [1.165, 1.54) is 0 Å². The van der Waals surface area contributed by atoms with Gasteiger partial charge in [0, 0.05) is 6.42 Å². The third kappa shape index (κ3) is 2.07. The van der Waals surface area contributed by atoms with Gasteiger partial charge in [-0.1, -0.05) is 24.8 Å². The van der Waals surface area contributed by atoms with E-state index in [-0.39, 0.29) is 6.10 Å². The lowest BCUT2D eigenvalue weighted by Crippen LogP contribution is -2.04. The topological polar surface area (TPSA) is 49.8 Å². The van der Waals surface area contributed by atoms with Gasteiger partial charge in [-0.2, -0.15) is 0 Å². The SMILES string of the molecule is C=Cc1c(CC2CO2)cccc1C(=O)O. The summed E-state index contributed by atoms with van der Waals surface area (Å²) in [5, 5.41) is 8.99. The maximum Gasteiger partial charge on any atom is 0.336 e. The molecule has 1 atom stereocenters. The first-order chi connectivity index (χ1) is 7.22. The first kappa shape index (κ1) is 9.93. The van der Waals surface area contributed by atoms with E-state index in [1.54, 1.807) is 18.2 Å². The molecule has 1 saturated heterocycles. The molecule has 0 radical (unpaired) electrons. The largest absolute Gasteiger partial charge is 0.478 e. The van der Waals surface area contributed by atoms with E-state index >= 15 is 0 Å². The van der Waals surface area contributed by atoms with Crippen molar-refractivity contribution in [2.75, 3.05) is 6.61 Å². The van der Waals surface area contributed by atoms with Crippen LogP contribution < -0.4 is 0 Å². The molecule has 15 heavy (non-hydrogen) atoms. The summed E-state index contributed by atoms with van der Waals surface area (Å²) in [7, 11) is 0. The maximum absolute atomic E-state index is 11.0. The Balaban J connectivity index is 2.38. The quantitative estimate of drug-likeness (QED) is 0.763. The molecule has 3 nitrogen and oxygen atoms in total. The minimum atomic E-state index is -0.913. The molecule has 1 N–H and O–H groups in total. The zero-order valence-corrected chi connectivity index (χ0v) is 8.27. The van der Waals surface area contributed by atoms with E-state index in [0.717, 1.165) is 18.6 Å². The molecule has 78 valence electrons. The molecule has 1 aliphatic rings. The summed E-state index contributed by atoms with van der Waals surface area (Å²) >= 11 is 0. The third-order valence-corrected chi connectivity index (χ3v) is 2.48. The van der Waals surface area contributed by atoms with Crippen molar-refractivity contribution in [3.05, 3.63) is 41.5 Å². The first-order valence-electron chi connectivity index (χ1n) is 4.81. The highest BCUT2D eigenvalue weighted by Gasteiger charge is 2.24. The summed E-state index contributed by atoms with van der Waals surface area (Å²) in [6.07, 6.45) is 2.62. The van der Waals surface area contributed by atoms with Crippen LogP contribution in [0.15, 0.2) is 24.8 Å². The van der Waals surface area contributed by atoms with Crippen LogP contribution >= 0.6 is 0 Å². The summed E-state index contributed by atoms with van der Waals surface area (Å²) in [6.45, 7) is 4.43. The van der Waals surface area contributed by atoms with E-state index in [0.29, 0.717) is 11.1 Å². The van der Waals surface area contributed by atoms with Gasteiger partial charge in [-0.25, -0.2) is 4.79 Å². The maximum atomic E-state index is 11.0. The molecule has 3 heteroatoms. The Hall–Kier alpha value is -1.61. The average molecular weight is 204 g/mol. The minimum absolute atomic E-state index is 0.257. The van der Waals surface area contributed by atoms with Crippen molar-refractivity contribution in [1.82, 2.24) is 0 Å². The zero-order valence-electron chi connectivity index (χ0n) is 8.27. The fourth-order valence-corrected chi connectivity index (χ4v) is 1.65. The van der Waals surface area contributed by atoms with E-state index in [4.69, 9.17) is 9.84 Å². The van der Waals surface area contributed by atoms with Crippen LogP contribution in [-0.4, -0.2) is 23.8 Å². The Labute approximate surface area is 88.0 Å². The number of epoxide rings is 1. The van der Waals surface area contributed by atoms with Gasteiger partial charge < -0.3 is 9.84 Å². The molecule has 0 aromatic heterocycles. The second kappa shape index (κ2) is 3.87. The van der Waals surface area contributed by atoms with Crippen LogP contribution in [0.3, 0.4) is 0 Å². The lowest BCUT2D eigenvalue weighted by molar-refractivity contribution is 0.0696. The van der Waals surface area contributed by atoms with Crippen molar-refractivity contribution >= 4 is 12.0 Å². The fraction of sp³-hybridized carbons (Fsp3) is 0.250. The van der Waals surface area contributed by atoms with Gasteiger partial charge in [-0.15, -0.1) is 0 Å². The third-order valence-electron chi connectivity index (χ3n) is 2.48. The molecule has 0 spiro atoms. The van der Waals surface area contributed by atoms with Crippen molar-refractivity contribution in [1.29, 1.82) is 0 Å². The van der Waals surface area contributed by atoms with Gasteiger partial charge in [0.25, 0.3) is 0 Å². The second-order valence-corrected chi connectivity index (χ2v) is 3.55. The van der Waals surface area contributed by atoms with Gasteiger partial charge in [0.2, 0.25) is 0 Å².